The van der Waals surface area contributed by atoms with Crippen LogP contribution in [0.3, 0.4) is 0 Å². The topological polar surface area (TPSA) is 51.6 Å². The van der Waals surface area contributed by atoms with E-state index in [0.29, 0.717) is 18.0 Å². The highest BCUT2D eigenvalue weighted by Crippen LogP contribution is 2.27. The van der Waals surface area contributed by atoms with Crippen molar-refractivity contribution in [3.8, 4) is 0 Å². The monoisotopic (exact) mass is 292 g/mol. The predicted molar refractivity (Wildman–Crippen MR) is 79.6 cm³/mol. The van der Waals surface area contributed by atoms with Crippen molar-refractivity contribution in [1.29, 1.82) is 0 Å². The van der Waals surface area contributed by atoms with Gasteiger partial charge in [0.05, 0.1) is 18.8 Å². The molecule has 0 radical (unpaired) electrons. The summed E-state index contributed by atoms with van der Waals surface area (Å²) in [6.07, 6.45) is 1.03. The van der Waals surface area contributed by atoms with Crippen molar-refractivity contribution in [1.82, 2.24) is 4.90 Å². The highest BCUT2D eigenvalue weighted by Gasteiger charge is 2.28. The van der Waals surface area contributed by atoms with Crippen molar-refractivity contribution in [2.45, 2.75) is 25.5 Å². The van der Waals surface area contributed by atoms with Gasteiger partial charge in [-0.25, -0.2) is 4.39 Å². The minimum atomic E-state index is -0.333. The Morgan fingerprint density at radius 2 is 2.29 bits per heavy atom. The third kappa shape index (κ3) is 3.10. The lowest BCUT2D eigenvalue weighted by Gasteiger charge is -2.34. The van der Waals surface area contributed by atoms with Crippen molar-refractivity contribution in [2.75, 3.05) is 26.2 Å². The zero-order valence-corrected chi connectivity index (χ0v) is 12.2. The fraction of sp³-hybridized carbons (Fsp3) is 0.500. The van der Waals surface area contributed by atoms with E-state index in [0.717, 1.165) is 31.4 Å². The van der Waals surface area contributed by atoms with Gasteiger partial charge in [0.15, 0.2) is 0 Å². The van der Waals surface area contributed by atoms with Gasteiger partial charge in [-0.15, -0.1) is 0 Å². The Bertz CT molecular complexity index is 611. The van der Waals surface area contributed by atoms with E-state index in [-0.39, 0.29) is 18.0 Å². The summed E-state index contributed by atoms with van der Waals surface area (Å²) in [4.78, 5) is 2.36. The van der Waals surface area contributed by atoms with E-state index in [2.05, 4.69) is 11.8 Å². The predicted octanol–water partition coefficient (Wildman–Crippen LogP) is 2.68. The first-order valence-corrected chi connectivity index (χ1v) is 7.46. The van der Waals surface area contributed by atoms with Gasteiger partial charge in [-0.1, -0.05) is 6.92 Å². The van der Waals surface area contributed by atoms with Crippen LogP contribution in [0.2, 0.25) is 0 Å². The number of furan rings is 1. The number of hydrogen-bond acceptors (Lipinski definition) is 4. The Kier molecular flexibility index (Phi) is 4.24. The maximum absolute atomic E-state index is 13.2. The van der Waals surface area contributed by atoms with Crippen LogP contribution in [-0.2, 0) is 4.74 Å². The second-order valence-electron chi connectivity index (χ2n) is 5.57. The third-order valence-corrected chi connectivity index (χ3v) is 3.94. The average molecular weight is 292 g/mol. The molecule has 21 heavy (non-hydrogen) atoms. The molecule has 1 saturated heterocycles. The highest BCUT2D eigenvalue weighted by molar-refractivity contribution is 5.78. The molecule has 2 unspecified atom stereocenters. The Morgan fingerprint density at radius 3 is 3.10 bits per heavy atom. The smallest absolute Gasteiger partial charge is 0.134 e. The molecule has 3 rings (SSSR count). The van der Waals surface area contributed by atoms with Crippen LogP contribution in [0.4, 0.5) is 4.39 Å². The van der Waals surface area contributed by atoms with E-state index < -0.39 is 0 Å². The molecule has 0 amide bonds. The minimum absolute atomic E-state index is 0.0873. The van der Waals surface area contributed by atoms with Gasteiger partial charge < -0.3 is 14.9 Å². The molecule has 114 valence electrons. The van der Waals surface area contributed by atoms with Crippen LogP contribution in [0.25, 0.3) is 11.0 Å². The van der Waals surface area contributed by atoms with Crippen molar-refractivity contribution in [2.24, 2.45) is 5.73 Å². The first kappa shape index (κ1) is 14.5. The molecule has 5 heteroatoms. The van der Waals surface area contributed by atoms with Crippen LogP contribution in [0.1, 0.15) is 25.1 Å². The molecule has 1 aromatic carbocycles. The van der Waals surface area contributed by atoms with Gasteiger partial charge in [0.25, 0.3) is 0 Å². The van der Waals surface area contributed by atoms with Crippen LogP contribution < -0.4 is 5.73 Å². The number of rotatable bonds is 4. The van der Waals surface area contributed by atoms with E-state index in [4.69, 9.17) is 14.9 Å². The van der Waals surface area contributed by atoms with Gasteiger partial charge >= 0.3 is 0 Å². The van der Waals surface area contributed by atoms with Gasteiger partial charge in [0.1, 0.15) is 17.2 Å². The van der Waals surface area contributed by atoms with Crippen molar-refractivity contribution < 1.29 is 13.5 Å². The summed E-state index contributed by atoms with van der Waals surface area (Å²) in [5.41, 5.74) is 6.95. The summed E-state index contributed by atoms with van der Waals surface area (Å²) in [7, 11) is 0. The molecular weight excluding hydrogens is 271 g/mol. The SMILES string of the molecule is CCCN1CCOC(C(N)c2cc3cc(F)ccc3o2)C1. The van der Waals surface area contributed by atoms with Crippen molar-refractivity contribution in [3.63, 3.8) is 0 Å². The van der Waals surface area contributed by atoms with Crippen LogP contribution in [0.15, 0.2) is 28.7 Å². The molecular formula is C16H21FN2O2. The minimum Gasteiger partial charge on any atom is -0.459 e. The molecule has 2 aromatic rings. The Hall–Kier alpha value is -1.43. The molecule has 1 aromatic heterocycles. The second-order valence-corrected chi connectivity index (χ2v) is 5.57. The number of ether oxygens (including phenoxy) is 1. The molecule has 2 heterocycles. The molecule has 0 saturated carbocycles. The third-order valence-electron chi connectivity index (χ3n) is 3.94. The van der Waals surface area contributed by atoms with Crippen LogP contribution in [0, 0.1) is 5.82 Å². The molecule has 1 aliphatic rings. The van der Waals surface area contributed by atoms with E-state index >= 15 is 0 Å². The number of nitrogens with zero attached hydrogens (tertiary/aromatic N) is 1. The molecule has 1 aliphatic heterocycles. The van der Waals surface area contributed by atoms with Gasteiger partial charge in [-0.05, 0) is 37.2 Å². The lowest BCUT2D eigenvalue weighted by molar-refractivity contribution is -0.0434. The maximum atomic E-state index is 13.2. The van der Waals surface area contributed by atoms with E-state index in [1.807, 2.05) is 6.07 Å². The zero-order chi connectivity index (χ0) is 14.8. The number of fused-ring (bicyclic) bond motifs is 1. The highest BCUT2D eigenvalue weighted by atomic mass is 19.1. The molecule has 0 bridgehead atoms. The quantitative estimate of drug-likeness (QED) is 0.941. The summed E-state index contributed by atoms with van der Waals surface area (Å²) < 4.78 is 24.8. The van der Waals surface area contributed by atoms with Gasteiger partial charge in [-0.3, -0.25) is 4.90 Å². The lowest BCUT2D eigenvalue weighted by atomic mass is 10.1. The summed E-state index contributed by atoms with van der Waals surface area (Å²) in [6.45, 7) is 5.66. The second kappa shape index (κ2) is 6.13. The number of nitrogens with two attached hydrogens (primary N) is 1. The Morgan fingerprint density at radius 1 is 1.43 bits per heavy atom. The summed E-state index contributed by atoms with van der Waals surface area (Å²) in [5, 5.41) is 0.738. The number of hydrogen-bond donors (Lipinski definition) is 1. The summed E-state index contributed by atoms with van der Waals surface area (Å²) >= 11 is 0. The first-order valence-electron chi connectivity index (χ1n) is 7.46. The molecule has 1 fully saturated rings. The van der Waals surface area contributed by atoms with Crippen molar-refractivity contribution >= 4 is 11.0 Å². The fourth-order valence-electron chi connectivity index (χ4n) is 2.85. The molecule has 0 spiro atoms. The largest absolute Gasteiger partial charge is 0.459 e. The number of morpholine rings is 1. The van der Waals surface area contributed by atoms with E-state index in [1.54, 1.807) is 6.07 Å². The normalized spacial score (nSPS) is 21.8. The maximum Gasteiger partial charge on any atom is 0.134 e. The first-order chi connectivity index (χ1) is 10.2. The molecule has 0 aliphatic carbocycles. The van der Waals surface area contributed by atoms with Crippen molar-refractivity contribution in [3.05, 3.63) is 35.8 Å². The average Bonchev–Trinajstić information content (AvgIpc) is 2.90. The number of benzene rings is 1. The van der Waals surface area contributed by atoms with Gasteiger partial charge in [0.2, 0.25) is 0 Å². The summed E-state index contributed by atoms with van der Waals surface area (Å²) in [6, 6.07) is 5.96. The molecule has 2 N–H and O–H groups in total. The standard InChI is InChI=1S/C16H21FN2O2/c1-2-5-19-6-7-20-15(10-19)16(18)14-9-11-8-12(17)3-4-13(11)21-14/h3-4,8-9,15-16H,2,5-7,10,18H2,1H3. The van der Waals surface area contributed by atoms with E-state index in [1.165, 1.54) is 12.1 Å². The van der Waals surface area contributed by atoms with Gasteiger partial charge in [0, 0.05) is 18.5 Å². The fourth-order valence-corrected chi connectivity index (χ4v) is 2.85. The van der Waals surface area contributed by atoms with Crippen LogP contribution in [-0.4, -0.2) is 37.2 Å². The number of halogens is 1. The summed E-state index contributed by atoms with van der Waals surface area (Å²) in [5.74, 6) is 0.380. The Labute approximate surface area is 123 Å². The Balaban J connectivity index is 1.77. The van der Waals surface area contributed by atoms with Crippen LogP contribution in [0.5, 0.6) is 0 Å². The molecule has 4 nitrogen and oxygen atoms in total. The zero-order valence-electron chi connectivity index (χ0n) is 12.2. The van der Waals surface area contributed by atoms with Crippen LogP contribution >= 0.6 is 0 Å². The lowest BCUT2D eigenvalue weighted by Crippen LogP contribution is -2.47. The van der Waals surface area contributed by atoms with E-state index in [9.17, 15) is 4.39 Å². The molecule has 2 atom stereocenters. The van der Waals surface area contributed by atoms with Gasteiger partial charge in [-0.2, -0.15) is 0 Å².